The number of likely N-dealkylation sites (tertiary alicyclic amines) is 1. The van der Waals surface area contributed by atoms with E-state index in [0.717, 1.165) is 43.8 Å². The van der Waals surface area contributed by atoms with Gasteiger partial charge in [-0.15, -0.1) is 0 Å². The number of aliphatic hydroxyl groups is 1. The summed E-state index contributed by atoms with van der Waals surface area (Å²) in [4.78, 5) is 33.8. The van der Waals surface area contributed by atoms with E-state index in [2.05, 4.69) is 38.0 Å². The van der Waals surface area contributed by atoms with Crippen molar-refractivity contribution in [2.24, 2.45) is 7.05 Å². The summed E-state index contributed by atoms with van der Waals surface area (Å²) in [6.07, 6.45) is 5.42. The maximum Gasteiger partial charge on any atom is 0.290 e. The Balaban J connectivity index is 1.18. The van der Waals surface area contributed by atoms with Crippen LogP contribution in [0.1, 0.15) is 42.4 Å². The minimum Gasteiger partial charge on any atom is -0.392 e. The molecule has 0 spiro atoms. The van der Waals surface area contributed by atoms with Gasteiger partial charge in [0.2, 0.25) is 0 Å². The number of ether oxygens (including phenoxy) is 1. The third kappa shape index (κ3) is 5.83. The first-order valence-corrected chi connectivity index (χ1v) is 16.0. The zero-order chi connectivity index (χ0) is 33.5. The van der Waals surface area contributed by atoms with Gasteiger partial charge in [-0.3, -0.25) is 14.5 Å². The molecule has 2 N–H and O–H groups in total. The van der Waals surface area contributed by atoms with E-state index in [1.54, 1.807) is 37.3 Å². The zero-order valence-corrected chi connectivity index (χ0v) is 26.8. The molecule has 2 aliphatic heterocycles. The van der Waals surface area contributed by atoms with Gasteiger partial charge in [0.05, 0.1) is 48.8 Å². The number of anilines is 2. The fourth-order valence-corrected chi connectivity index (χ4v) is 6.55. The molecule has 0 amide bonds. The number of aliphatic hydroxyl groups excluding tert-OH is 1. The summed E-state index contributed by atoms with van der Waals surface area (Å²) in [5.41, 5.74) is 3.05. The van der Waals surface area contributed by atoms with E-state index in [1.807, 2.05) is 12.3 Å². The van der Waals surface area contributed by atoms with Crippen LogP contribution in [0.4, 0.5) is 15.9 Å². The van der Waals surface area contributed by atoms with Gasteiger partial charge in [-0.2, -0.15) is 14.9 Å². The van der Waals surface area contributed by atoms with Crippen LogP contribution < -0.4 is 16.4 Å². The highest BCUT2D eigenvalue weighted by Crippen LogP contribution is 2.31. The molecular weight excluding hydrogens is 613 g/mol. The number of fused-ring (bicyclic) bond motifs is 1. The number of piperidine rings is 1. The maximum absolute atomic E-state index is 15.2. The van der Waals surface area contributed by atoms with E-state index in [1.165, 1.54) is 29.6 Å². The molecule has 0 bridgehead atoms. The zero-order valence-electron chi connectivity index (χ0n) is 26.8. The molecule has 5 heterocycles. The molecule has 12 heteroatoms. The van der Waals surface area contributed by atoms with Crippen molar-refractivity contribution in [1.29, 1.82) is 0 Å². The first kappa shape index (κ1) is 31.6. The van der Waals surface area contributed by atoms with Gasteiger partial charge in [0.25, 0.3) is 11.1 Å². The molecule has 2 saturated heterocycles. The van der Waals surface area contributed by atoms with Crippen molar-refractivity contribution in [2.45, 2.75) is 38.3 Å². The molecule has 2 aliphatic rings. The molecule has 5 aromatic rings. The van der Waals surface area contributed by atoms with E-state index in [9.17, 15) is 14.7 Å². The van der Waals surface area contributed by atoms with Gasteiger partial charge in [-0.25, -0.2) is 14.1 Å². The second kappa shape index (κ2) is 12.9. The second-order valence-electron chi connectivity index (χ2n) is 12.5. The number of halogens is 1. The van der Waals surface area contributed by atoms with Gasteiger partial charge in [0, 0.05) is 29.8 Å². The monoisotopic (exact) mass is 649 g/mol. The molecule has 0 radical (unpaired) electrons. The molecular formula is C36H36FN7O4. The highest BCUT2D eigenvalue weighted by Gasteiger charge is 2.30. The summed E-state index contributed by atoms with van der Waals surface area (Å²) < 4.78 is 22.8. The predicted octanol–water partition coefficient (Wildman–Crippen LogP) is 4.53. The minimum absolute atomic E-state index is 0.122. The van der Waals surface area contributed by atoms with E-state index in [-0.39, 0.29) is 22.3 Å². The summed E-state index contributed by atoms with van der Waals surface area (Å²) in [6.45, 7) is 8.89. The number of hydrogen-bond donors (Lipinski definition) is 2. The average molecular weight is 650 g/mol. The lowest BCUT2D eigenvalue weighted by atomic mass is 9.89. The molecule has 0 saturated carbocycles. The number of aryl methyl sites for hydroxylation is 1. The first-order valence-electron chi connectivity index (χ1n) is 16.0. The van der Waals surface area contributed by atoms with E-state index in [4.69, 9.17) is 4.74 Å². The number of benzene rings is 2. The minimum atomic E-state index is -0.685. The molecule has 0 aliphatic carbocycles. The Kier molecular flexibility index (Phi) is 8.46. The van der Waals surface area contributed by atoms with E-state index >= 15 is 4.39 Å². The van der Waals surface area contributed by atoms with Crippen LogP contribution in [0.2, 0.25) is 0 Å². The van der Waals surface area contributed by atoms with Crippen LogP contribution in [0.15, 0.2) is 77.1 Å². The largest absolute Gasteiger partial charge is 0.392 e. The Bertz CT molecular complexity index is 2150. The topological polar surface area (TPSA) is 127 Å². The first-order chi connectivity index (χ1) is 23.2. The van der Waals surface area contributed by atoms with Crippen LogP contribution in [0.3, 0.4) is 0 Å². The summed E-state index contributed by atoms with van der Waals surface area (Å²) in [5, 5.41) is 22.7. The SMILES string of the molecule is C=C(C)c1cc(F)c2c(=O)n(-c3cccc(-c4cc(Nc5ccc(C6CCN(C7COC7)CC6)cn5)c(=O)n(C)n4)c3CO)ncc2c1. The Labute approximate surface area is 275 Å². The Morgan fingerprint density at radius 2 is 1.88 bits per heavy atom. The summed E-state index contributed by atoms with van der Waals surface area (Å²) >= 11 is 0. The number of hydrogen-bond acceptors (Lipinski definition) is 9. The number of allylic oxidation sites excluding steroid dienone is 1. The van der Waals surface area contributed by atoms with Crippen molar-refractivity contribution in [3.05, 3.63) is 111 Å². The summed E-state index contributed by atoms with van der Waals surface area (Å²) in [5.74, 6) is 0.260. The van der Waals surface area contributed by atoms with E-state index < -0.39 is 18.0 Å². The third-order valence-corrected chi connectivity index (χ3v) is 9.40. The number of nitrogens with zero attached hydrogens (tertiary/aromatic N) is 6. The van der Waals surface area contributed by atoms with Crippen LogP contribution in [0.25, 0.3) is 33.3 Å². The van der Waals surface area contributed by atoms with Crippen LogP contribution in [-0.2, 0) is 18.4 Å². The number of nitrogens with one attached hydrogen (secondary N) is 1. The standard InChI is InChI=1S/C36H36FN7O4/c1-21(2)24-13-25-17-39-44(36(47)34(25)29(37)14-24)32-6-4-5-27(28(32)18-45)30-15-31(35(46)42(3)41-30)40-33-8-7-23(16-38-33)22-9-11-43(12-10-22)26-19-48-20-26/h4-8,13-17,22,26,45H,1,9-12,18-20H2,2-3H3,(H,38,40). The highest BCUT2D eigenvalue weighted by atomic mass is 19.1. The molecule has 2 aromatic carbocycles. The molecule has 2 fully saturated rings. The predicted molar refractivity (Wildman–Crippen MR) is 182 cm³/mol. The summed E-state index contributed by atoms with van der Waals surface area (Å²) in [7, 11) is 1.54. The van der Waals surface area contributed by atoms with Crippen LogP contribution in [-0.4, -0.2) is 66.9 Å². The molecule has 7 rings (SSSR count). The van der Waals surface area contributed by atoms with Crippen LogP contribution >= 0.6 is 0 Å². The smallest absolute Gasteiger partial charge is 0.290 e. The van der Waals surface area contributed by atoms with Crippen molar-refractivity contribution in [2.75, 3.05) is 31.6 Å². The van der Waals surface area contributed by atoms with Crippen molar-refractivity contribution in [3.63, 3.8) is 0 Å². The number of pyridine rings is 1. The molecule has 0 unspecified atom stereocenters. The molecule has 0 atom stereocenters. The van der Waals surface area contributed by atoms with Gasteiger partial charge >= 0.3 is 0 Å². The molecule has 246 valence electrons. The van der Waals surface area contributed by atoms with Gasteiger partial charge in [0.15, 0.2) is 0 Å². The fourth-order valence-electron chi connectivity index (χ4n) is 6.55. The highest BCUT2D eigenvalue weighted by molar-refractivity contribution is 5.85. The Morgan fingerprint density at radius 3 is 2.54 bits per heavy atom. The molecule has 48 heavy (non-hydrogen) atoms. The normalized spacial score (nSPS) is 15.8. The van der Waals surface area contributed by atoms with Crippen molar-refractivity contribution in [3.8, 4) is 16.9 Å². The van der Waals surface area contributed by atoms with Gasteiger partial charge < -0.3 is 15.2 Å². The van der Waals surface area contributed by atoms with Crippen molar-refractivity contribution >= 4 is 27.9 Å². The maximum atomic E-state index is 15.2. The van der Waals surface area contributed by atoms with Crippen LogP contribution in [0, 0.1) is 5.82 Å². The van der Waals surface area contributed by atoms with Crippen molar-refractivity contribution in [1.82, 2.24) is 29.4 Å². The molecule has 3 aromatic heterocycles. The van der Waals surface area contributed by atoms with Gasteiger partial charge in [0.1, 0.15) is 17.3 Å². The number of rotatable bonds is 8. The van der Waals surface area contributed by atoms with Gasteiger partial charge in [-0.1, -0.05) is 30.4 Å². The Hall–Kier alpha value is -5.04. The number of aromatic nitrogens is 5. The second-order valence-corrected chi connectivity index (χ2v) is 12.5. The fraction of sp³-hybridized carbons (Fsp3) is 0.306. The van der Waals surface area contributed by atoms with E-state index in [0.29, 0.717) is 51.1 Å². The lowest BCUT2D eigenvalue weighted by Crippen LogP contribution is -2.51. The third-order valence-electron chi connectivity index (χ3n) is 9.40. The molecule has 11 nitrogen and oxygen atoms in total. The summed E-state index contributed by atoms with van der Waals surface area (Å²) in [6, 6.07) is 14.1. The Morgan fingerprint density at radius 1 is 1.08 bits per heavy atom. The lowest BCUT2D eigenvalue weighted by molar-refractivity contribution is -0.0712. The van der Waals surface area contributed by atoms with Crippen molar-refractivity contribution < 1.29 is 14.2 Å². The quantitative estimate of drug-likeness (QED) is 0.249. The lowest BCUT2D eigenvalue weighted by Gasteiger charge is -2.41. The van der Waals surface area contributed by atoms with Crippen LogP contribution in [0.5, 0.6) is 0 Å². The average Bonchev–Trinajstić information content (AvgIpc) is 3.06. The van der Waals surface area contributed by atoms with Gasteiger partial charge in [-0.05, 0) is 80.2 Å².